The van der Waals surface area contributed by atoms with Gasteiger partial charge < -0.3 is 14.8 Å². The summed E-state index contributed by atoms with van der Waals surface area (Å²) in [5.41, 5.74) is -1.46. The highest BCUT2D eigenvalue weighted by atomic mass is 32.2. The Labute approximate surface area is 148 Å². The Morgan fingerprint density at radius 1 is 1.20 bits per heavy atom. The van der Waals surface area contributed by atoms with Crippen LogP contribution in [0.25, 0.3) is 0 Å². The molecular formula is C16H20F3NO4S. The van der Waals surface area contributed by atoms with E-state index in [4.69, 9.17) is 4.74 Å². The maximum atomic E-state index is 12.8. The number of carbonyl (C=O) groups excluding carboxylic acids is 2. The summed E-state index contributed by atoms with van der Waals surface area (Å²) in [5, 5.41) is 2.50. The highest BCUT2D eigenvalue weighted by Gasteiger charge is 2.31. The molecule has 1 N–H and O–H groups in total. The van der Waals surface area contributed by atoms with E-state index < -0.39 is 29.4 Å². The van der Waals surface area contributed by atoms with Gasteiger partial charge >= 0.3 is 18.2 Å². The SMILES string of the molecule is COC(=O)c1ccc(C(F)(F)F)cc1SCCNC(=O)OC(C)(C)C. The number of methoxy groups -OCH3 is 1. The molecule has 1 aromatic rings. The van der Waals surface area contributed by atoms with Crippen LogP contribution in [0.4, 0.5) is 18.0 Å². The lowest BCUT2D eigenvalue weighted by Crippen LogP contribution is -2.33. The Morgan fingerprint density at radius 3 is 2.36 bits per heavy atom. The maximum Gasteiger partial charge on any atom is 0.416 e. The van der Waals surface area contributed by atoms with E-state index in [-0.39, 0.29) is 22.8 Å². The number of amides is 1. The van der Waals surface area contributed by atoms with Crippen LogP contribution in [-0.4, -0.2) is 37.1 Å². The molecule has 0 aliphatic heterocycles. The Balaban J connectivity index is 2.75. The molecule has 25 heavy (non-hydrogen) atoms. The minimum absolute atomic E-state index is 0.0396. The molecule has 0 saturated carbocycles. The molecule has 0 bridgehead atoms. The molecule has 5 nitrogen and oxygen atoms in total. The Bertz CT molecular complexity index is 627. The van der Waals surface area contributed by atoms with Crippen LogP contribution in [0.2, 0.25) is 0 Å². The van der Waals surface area contributed by atoms with Gasteiger partial charge in [-0.2, -0.15) is 13.2 Å². The predicted octanol–water partition coefficient (Wildman–Crippen LogP) is 4.11. The molecule has 0 aliphatic carbocycles. The van der Waals surface area contributed by atoms with Gasteiger partial charge in [-0.05, 0) is 39.0 Å². The summed E-state index contributed by atoms with van der Waals surface area (Å²) in [6.07, 6.45) is -5.14. The second-order valence-corrected chi connectivity index (χ2v) is 7.11. The van der Waals surface area contributed by atoms with E-state index in [1.165, 1.54) is 0 Å². The van der Waals surface area contributed by atoms with Crippen LogP contribution in [0, 0.1) is 0 Å². The van der Waals surface area contributed by atoms with Gasteiger partial charge in [-0.15, -0.1) is 11.8 Å². The molecule has 0 unspecified atom stereocenters. The van der Waals surface area contributed by atoms with Gasteiger partial charge in [-0.3, -0.25) is 0 Å². The average molecular weight is 379 g/mol. The van der Waals surface area contributed by atoms with Crippen LogP contribution in [0.15, 0.2) is 23.1 Å². The van der Waals surface area contributed by atoms with Gasteiger partial charge in [0.05, 0.1) is 18.2 Å². The van der Waals surface area contributed by atoms with Crippen molar-refractivity contribution in [3.8, 4) is 0 Å². The molecule has 0 saturated heterocycles. The van der Waals surface area contributed by atoms with Crippen LogP contribution in [-0.2, 0) is 15.7 Å². The van der Waals surface area contributed by atoms with Crippen molar-refractivity contribution >= 4 is 23.8 Å². The zero-order chi connectivity index (χ0) is 19.3. The molecule has 1 amide bonds. The third-order valence-electron chi connectivity index (χ3n) is 2.74. The number of ether oxygens (including phenoxy) is 2. The third kappa shape index (κ3) is 7.25. The van der Waals surface area contributed by atoms with E-state index in [1.54, 1.807) is 20.8 Å². The second-order valence-electron chi connectivity index (χ2n) is 5.98. The van der Waals surface area contributed by atoms with Crippen molar-refractivity contribution in [3.63, 3.8) is 0 Å². The zero-order valence-corrected chi connectivity index (χ0v) is 15.1. The monoisotopic (exact) mass is 379 g/mol. The second kappa shape index (κ2) is 8.46. The van der Waals surface area contributed by atoms with E-state index in [9.17, 15) is 22.8 Å². The van der Waals surface area contributed by atoms with Crippen LogP contribution >= 0.6 is 11.8 Å². The molecule has 0 fully saturated rings. The first-order chi connectivity index (χ1) is 11.4. The van der Waals surface area contributed by atoms with Crippen LogP contribution < -0.4 is 5.32 Å². The number of rotatable bonds is 5. The number of halogens is 3. The lowest BCUT2D eigenvalue weighted by Gasteiger charge is -2.19. The number of thioether (sulfide) groups is 1. The highest BCUT2D eigenvalue weighted by Crippen LogP contribution is 2.34. The number of benzene rings is 1. The minimum atomic E-state index is -4.52. The van der Waals surface area contributed by atoms with Crippen molar-refractivity contribution in [1.29, 1.82) is 0 Å². The first-order valence-electron chi connectivity index (χ1n) is 7.33. The van der Waals surface area contributed by atoms with Gasteiger partial charge in [0.1, 0.15) is 5.60 Å². The molecule has 0 heterocycles. The van der Waals surface area contributed by atoms with E-state index >= 15 is 0 Å². The number of hydrogen-bond acceptors (Lipinski definition) is 5. The van der Waals surface area contributed by atoms with E-state index in [0.717, 1.165) is 37.1 Å². The maximum absolute atomic E-state index is 12.8. The largest absolute Gasteiger partial charge is 0.465 e. The quantitative estimate of drug-likeness (QED) is 0.474. The number of hydrogen-bond donors (Lipinski definition) is 1. The van der Waals surface area contributed by atoms with Crippen molar-refractivity contribution < 1.29 is 32.2 Å². The number of alkyl carbamates (subject to hydrolysis) is 1. The number of alkyl halides is 3. The van der Waals surface area contributed by atoms with Crippen LogP contribution in [0.1, 0.15) is 36.7 Å². The van der Waals surface area contributed by atoms with E-state index in [2.05, 4.69) is 10.1 Å². The molecule has 9 heteroatoms. The van der Waals surface area contributed by atoms with E-state index in [1.807, 2.05) is 0 Å². The van der Waals surface area contributed by atoms with Crippen molar-refractivity contribution in [2.24, 2.45) is 0 Å². The fourth-order valence-corrected chi connectivity index (χ4v) is 2.67. The molecule has 0 aliphatic rings. The number of carbonyl (C=O) groups is 2. The summed E-state index contributed by atoms with van der Waals surface area (Å²) >= 11 is 1.01. The average Bonchev–Trinajstić information content (AvgIpc) is 2.48. The highest BCUT2D eigenvalue weighted by molar-refractivity contribution is 7.99. The minimum Gasteiger partial charge on any atom is -0.465 e. The van der Waals surface area contributed by atoms with Gasteiger partial charge in [0.2, 0.25) is 0 Å². The Morgan fingerprint density at radius 2 is 1.84 bits per heavy atom. The summed E-state index contributed by atoms with van der Waals surface area (Å²) in [6, 6.07) is 2.80. The number of nitrogens with one attached hydrogen (secondary N) is 1. The predicted molar refractivity (Wildman–Crippen MR) is 87.7 cm³/mol. The van der Waals surface area contributed by atoms with Gasteiger partial charge in [0, 0.05) is 17.2 Å². The van der Waals surface area contributed by atoms with Crippen molar-refractivity contribution in [2.45, 2.75) is 37.4 Å². The lowest BCUT2D eigenvalue weighted by molar-refractivity contribution is -0.137. The summed E-state index contributed by atoms with van der Waals surface area (Å²) in [4.78, 5) is 23.3. The number of esters is 1. The van der Waals surface area contributed by atoms with Gasteiger partial charge in [-0.1, -0.05) is 0 Å². The summed E-state index contributed by atoms with van der Waals surface area (Å²) < 4.78 is 48.1. The first-order valence-corrected chi connectivity index (χ1v) is 8.32. The molecule has 1 aromatic carbocycles. The topological polar surface area (TPSA) is 64.6 Å². The normalized spacial score (nSPS) is 11.8. The fraction of sp³-hybridized carbons (Fsp3) is 0.500. The third-order valence-corrected chi connectivity index (χ3v) is 3.80. The molecule has 0 atom stereocenters. The standard InChI is InChI=1S/C16H20F3NO4S/c1-15(2,3)24-14(22)20-7-8-25-12-9-10(16(17,18)19)5-6-11(12)13(21)23-4/h5-6,9H,7-8H2,1-4H3,(H,20,22). The summed E-state index contributed by atoms with van der Waals surface area (Å²) in [5.74, 6) is -0.471. The Hall–Kier alpha value is -1.90. The lowest BCUT2D eigenvalue weighted by atomic mass is 10.1. The first kappa shape index (κ1) is 21.1. The Kier molecular flexibility index (Phi) is 7.16. The molecule has 0 radical (unpaired) electrons. The van der Waals surface area contributed by atoms with Crippen molar-refractivity contribution in [1.82, 2.24) is 5.32 Å². The molecule has 0 spiro atoms. The van der Waals surface area contributed by atoms with Crippen molar-refractivity contribution in [3.05, 3.63) is 29.3 Å². The van der Waals surface area contributed by atoms with Gasteiger partial charge in [0.15, 0.2) is 0 Å². The smallest absolute Gasteiger partial charge is 0.416 e. The van der Waals surface area contributed by atoms with Gasteiger partial charge in [-0.25, -0.2) is 9.59 Å². The van der Waals surface area contributed by atoms with Crippen LogP contribution in [0.3, 0.4) is 0 Å². The fourth-order valence-electron chi connectivity index (χ4n) is 1.72. The molecular weight excluding hydrogens is 359 g/mol. The molecule has 140 valence electrons. The van der Waals surface area contributed by atoms with Crippen molar-refractivity contribution in [2.75, 3.05) is 19.4 Å². The summed E-state index contributed by atoms with van der Waals surface area (Å²) in [6.45, 7) is 5.31. The van der Waals surface area contributed by atoms with Gasteiger partial charge in [0.25, 0.3) is 0 Å². The molecule has 0 aromatic heterocycles. The molecule has 1 rings (SSSR count). The van der Waals surface area contributed by atoms with E-state index in [0.29, 0.717) is 0 Å². The summed E-state index contributed by atoms with van der Waals surface area (Å²) in [7, 11) is 1.15. The zero-order valence-electron chi connectivity index (χ0n) is 14.3. The van der Waals surface area contributed by atoms with Crippen LogP contribution in [0.5, 0.6) is 0 Å².